The molecule has 6 unspecified atom stereocenters. The topological polar surface area (TPSA) is 57.7 Å². The molecular weight excluding hydrogens is 471 g/mol. The predicted octanol–water partition coefficient (Wildman–Crippen LogP) is 5.27. The van der Waals surface area contributed by atoms with E-state index in [1.165, 1.54) is 15.9 Å². The van der Waals surface area contributed by atoms with E-state index < -0.39 is 0 Å². The number of hydrogen-bond donors (Lipinski definition) is 0. The second-order valence-corrected chi connectivity index (χ2v) is 10.8. The molecule has 2 aromatic carbocycles. The summed E-state index contributed by atoms with van der Waals surface area (Å²) < 4.78 is 0. The molecule has 4 aliphatic carbocycles. The molecule has 7 heteroatoms. The van der Waals surface area contributed by atoms with Gasteiger partial charge in [-0.3, -0.25) is 24.2 Å². The van der Waals surface area contributed by atoms with E-state index in [2.05, 4.69) is 12.2 Å². The minimum Gasteiger partial charge on any atom is -0.290 e. The monoisotopic (exact) mass is 494 g/mol. The van der Waals surface area contributed by atoms with Crippen LogP contribution in [-0.4, -0.2) is 29.3 Å². The van der Waals surface area contributed by atoms with Crippen molar-refractivity contribution in [3.8, 4) is 0 Å². The Balaban J connectivity index is 1.36. The first kappa shape index (κ1) is 21.9. The average molecular weight is 495 g/mol. The molecule has 0 N–H and O–H groups in total. The largest absolute Gasteiger partial charge is 0.290 e. The number of likely N-dealkylation sites (tertiary alicyclic amines) is 1. The molecule has 1 aliphatic heterocycles. The number of carbonyl (C=O) groups excluding carboxylic acids is 3. The van der Waals surface area contributed by atoms with Crippen molar-refractivity contribution < 1.29 is 14.4 Å². The third-order valence-electron chi connectivity index (χ3n) is 8.25. The molecule has 1 heterocycles. The van der Waals surface area contributed by atoms with Crippen LogP contribution in [0.1, 0.15) is 27.9 Å². The number of rotatable bonds is 4. The Labute approximate surface area is 208 Å². The van der Waals surface area contributed by atoms with Crippen LogP contribution in [0.4, 0.5) is 5.69 Å². The Hall–Kier alpha value is -2.63. The minimum absolute atomic E-state index is 0.124. The van der Waals surface area contributed by atoms with Crippen molar-refractivity contribution >= 4 is 46.6 Å². The van der Waals surface area contributed by atoms with Gasteiger partial charge >= 0.3 is 0 Å². The van der Waals surface area contributed by atoms with Crippen LogP contribution >= 0.6 is 23.2 Å². The molecule has 0 spiro atoms. The molecule has 0 aromatic heterocycles. The Morgan fingerprint density at radius 3 is 2.15 bits per heavy atom. The highest BCUT2D eigenvalue weighted by molar-refractivity contribution is 6.42. The molecule has 5 aliphatic rings. The molecule has 7 rings (SSSR count). The second kappa shape index (κ2) is 7.69. The molecule has 2 bridgehead atoms. The summed E-state index contributed by atoms with van der Waals surface area (Å²) in [5.74, 6) is 0.0842. The smallest absolute Gasteiger partial charge is 0.259 e. The van der Waals surface area contributed by atoms with Crippen molar-refractivity contribution in [3.63, 3.8) is 0 Å². The number of halogens is 2. The van der Waals surface area contributed by atoms with Crippen LogP contribution in [0.3, 0.4) is 0 Å². The van der Waals surface area contributed by atoms with Crippen molar-refractivity contribution in [1.29, 1.82) is 0 Å². The summed E-state index contributed by atoms with van der Waals surface area (Å²) in [5, 5.41) is 0.625. The number of benzene rings is 2. The molecule has 1 saturated heterocycles. The number of anilines is 1. The second-order valence-electron chi connectivity index (χ2n) is 10.0. The highest BCUT2D eigenvalue weighted by Crippen LogP contribution is 2.65. The molecule has 2 aromatic rings. The number of imide groups is 1. The van der Waals surface area contributed by atoms with Gasteiger partial charge in [-0.2, -0.15) is 0 Å². The number of allylic oxidation sites excluding steroid dienone is 2. The Bertz CT molecular complexity index is 1250. The molecule has 34 heavy (non-hydrogen) atoms. The third kappa shape index (κ3) is 3.17. The van der Waals surface area contributed by atoms with E-state index in [1.54, 1.807) is 12.1 Å². The molecule has 3 fully saturated rings. The lowest BCUT2D eigenvalue weighted by Gasteiger charge is -2.37. The van der Waals surface area contributed by atoms with Crippen LogP contribution in [0.15, 0.2) is 48.6 Å². The normalized spacial score (nSPS) is 30.4. The summed E-state index contributed by atoms with van der Waals surface area (Å²) in [6.45, 7) is 3.84. The van der Waals surface area contributed by atoms with E-state index in [4.69, 9.17) is 23.2 Å². The quantitative estimate of drug-likeness (QED) is 0.429. The van der Waals surface area contributed by atoms with Gasteiger partial charge in [0, 0.05) is 11.3 Å². The Morgan fingerprint density at radius 2 is 1.56 bits per heavy atom. The van der Waals surface area contributed by atoms with E-state index in [9.17, 15) is 14.4 Å². The molecule has 2 saturated carbocycles. The molecule has 5 nitrogen and oxygen atoms in total. The average Bonchev–Trinajstić information content (AvgIpc) is 3.61. The van der Waals surface area contributed by atoms with Gasteiger partial charge in [-0.05, 0) is 85.4 Å². The van der Waals surface area contributed by atoms with Crippen molar-refractivity contribution in [2.24, 2.45) is 35.5 Å². The van der Waals surface area contributed by atoms with Crippen LogP contribution in [0.25, 0.3) is 0 Å². The van der Waals surface area contributed by atoms with Gasteiger partial charge in [0.1, 0.15) is 6.67 Å². The lowest BCUT2D eigenvalue weighted by Crippen LogP contribution is -2.45. The first-order valence-corrected chi connectivity index (χ1v) is 12.4. The van der Waals surface area contributed by atoms with Crippen LogP contribution in [0.5, 0.6) is 0 Å². The fourth-order valence-corrected chi connectivity index (χ4v) is 6.54. The molecule has 174 valence electrons. The van der Waals surface area contributed by atoms with Crippen molar-refractivity contribution in [2.75, 3.05) is 11.6 Å². The number of carbonyl (C=O) groups is 3. The van der Waals surface area contributed by atoms with Gasteiger partial charge < -0.3 is 0 Å². The van der Waals surface area contributed by atoms with Crippen LogP contribution < -0.4 is 4.90 Å². The predicted molar refractivity (Wildman–Crippen MR) is 131 cm³/mol. The number of amides is 3. The van der Waals surface area contributed by atoms with E-state index >= 15 is 0 Å². The number of nitrogens with zero attached hydrogens (tertiary/aromatic N) is 2. The lowest BCUT2D eigenvalue weighted by molar-refractivity contribution is -0.140. The minimum atomic E-state index is -0.346. The Morgan fingerprint density at radius 1 is 0.912 bits per heavy atom. The van der Waals surface area contributed by atoms with Gasteiger partial charge in [0.05, 0.1) is 21.9 Å². The Kier molecular flexibility index (Phi) is 4.95. The zero-order chi connectivity index (χ0) is 23.9. The first-order chi connectivity index (χ1) is 16.3. The van der Waals surface area contributed by atoms with Crippen molar-refractivity contribution in [1.82, 2.24) is 4.90 Å². The lowest BCUT2D eigenvalue weighted by atomic mass is 9.63. The van der Waals surface area contributed by atoms with Gasteiger partial charge in [-0.1, -0.05) is 41.4 Å². The van der Waals surface area contributed by atoms with E-state index in [0.717, 1.165) is 17.5 Å². The summed E-state index contributed by atoms with van der Waals surface area (Å²) in [5.41, 5.74) is 3.07. The fourth-order valence-electron chi connectivity index (χ4n) is 6.24. The van der Waals surface area contributed by atoms with Crippen molar-refractivity contribution in [3.05, 3.63) is 75.3 Å². The van der Waals surface area contributed by atoms with Gasteiger partial charge in [0.15, 0.2) is 0 Å². The van der Waals surface area contributed by atoms with Gasteiger partial charge in [0.25, 0.3) is 5.91 Å². The van der Waals surface area contributed by atoms with E-state index in [-0.39, 0.29) is 53.1 Å². The van der Waals surface area contributed by atoms with Crippen LogP contribution in [0.2, 0.25) is 10.0 Å². The van der Waals surface area contributed by atoms with E-state index in [0.29, 0.717) is 28.1 Å². The third-order valence-corrected chi connectivity index (χ3v) is 8.99. The van der Waals surface area contributed by atoms with Crippen LogP contribution in [0, 0.1) is 49.4 Å². The molecular formula is C27H24Cl2N2O3. The molecule has 3 amide bonds. The summed E-state index contributed by atoms with van der Waals surface area (Å²) in [6.07, 6.45) is 5.41. The van der Waals surface area contributed by atoms with Gasteiger partial charge in [-0.25, -0.2) is 0 Å². The fraction of sp³-hybridized carbons (Fsp3) is 0.370. The van der Waals surface area contributed by atoms with Crippen LogP contribution in [-0.2, 0) is 9.59 Å². The highest BCUT2D eigenvalue weighted by Gasteiger charge is 2.67. The number of aryl methyl sites for hydroxylation is 2. The van der Waals surface area contributed by atoms with E-state index in [1.807, 2.05) is 32.0 Å². The summed E-state index contributed by atoms with van der Waals surface area (Å²) in [6, 6.07) is 10.4. The summed E-state index contributed by atoms with van der Waals surface area (Å²) >= 11 is 12.2. The summed E-state index contributed by atoms with van der Waals surface area (Å²) in [7, 11) is 0. The first-order valence-electron chi connectivity index (χ1n) is 11.6. The zero-order valence-corrected chi connectivity index (χ0v) is 20.4. The maximum Gasteiger partial charge on any atom is 0.259 e. The molecule has 0 radical (unpaired) electrons. The maximum absolute atomic E-state index is 13.7. The SMILES string of the molecule is Cc1ccc(N(CN2C(=O)C3C4C=CC(C5CC45)C3C2=O)C(=O)c2ccc(Cl)c(Cl)c2)cc1C. The molecule has 6 atom stereocenters. The van der Waals surface area contributed by atoms with Crippen molar-refractivity contribution in [2.45, 2.75) is 20.3 Å². The number of hydrogen-bond acceptors (Lipinski definition) is 3. The van der Waals surface area contributed by atoms with Gasteiger partial charge in [0.2, 0.25) is 11.8 Å². The standard InChI is InChI=1S/C27H24Cl2N2O3/c1-13-3-5-16(9-14(13)2)30(25(32)15-4-8-21(28)22(29)10-15)12-31-26(33)23-17-6-7-18(20-11-19(17)20)24(23)27(31)34/h3-10,17-20,23-24H,11-12H2,1-2H3. The highest BCUT2D eigenvalue weighted by atomic mass is 35.5. The van der Waals surface area contributed by atoms with Gasteiger partial charge in [-0.15, -0.1) is 0 Å². The zero-order valence-electron chi connectivity index (χ0n) is 18.9. The summed E-state index contributed by atoms with van der Waals surface area (Å²) in [4.78, 5) is 43.6. The maximum atomic E-state index is 13.7.